The molecule has 0 fully saturated rings. The fourth-order valence-corrected chi connectivity index (χ4v) is 2.58. The van der Waals surface area contributed by atoms with E-state index in [1.807, 2.05) is 61.6 Å². The summed E-state index contributed by atoms with van der Waals surface area (Å²) in [5.41, 5.74) is 2.17. The summed E-state index contributed by atoms with van der Waals surface area (Å²) in [6.45, 7) is 0.849. The summed E-state index contributed by atoms with van der Waals surface area (Å²) in [6.07, 6.45) is 1.37. The van der Waals surface area contributed by atoms with Crippen LogP contribution in [0.1, 0.15) is 30.0 Å². The van der Waals surface area contributed by atoms with Crippen LogP contribution in [0.15, 0.2) is 59.1 Å². The number of benzene rings is 2. The summed E-state index contributed by atoms with van der Waals surface area (Å²) in [5.74, 6) is 0.0759. The molecule has 2 aromatic rings. The molecule has 1 unspecified atom stereocenters. The van der Waals surface area contributed by atoms with Crippen LogP contribution >= 0.6 is 28.3 Å². The second-order valence-electron chi connectivity index (χ2n) is 5.17. The summed E-state index contributed by atoms with van der Waals surface area (Å²) >= 11 is 3.45. The molecular weight excluding hydrogens is 376 g/mol. The predicted molar refractivity (Wildman–Crippen MR) is 101 cm³/mol. The average molecular weight is 398 g/mol. The highest BCUT2D eigenvalue weighted by atomic mass is 79.9. The molecular formula is C18H22BrClN2O. The van der Waals surface area contributed by atoms with Crippen molar-refractivity contribution in [3.05, 3.63) is 70.2 Å². The van der Waals surface area contributed by atoms with Crippen molar-refractivity contribution in [1.82, 2.24) is 10.6 Å². The third kappa shape index (κ3) is 6.34. The largest absolute Gasteiger partial charge is 0.345 e. The van der Waals surface area contributed by atoms with Gasteiger partial charge in [-0.3, -0.25) is 4.79 Å². The molecule has 1 atom stereocenters. The van der Waals surface area contributed by atoms with Gasteiger partial charge in [0.05, 0.1) is 6.04 Å². The molecule has 0 aliphatic carbocycles. The van der Waals surface area contributed by atoms with Crippen LogP contribution in [0.3, 0.4) is 0 Å². The van der Waals surface area contributed by atoms with Crippen LogP contribution in [0.2, 0.25) is 0 Å². The maximum atomic E-state index is 12.2. The molecule has 0 aliphatic rings. The van der Waals surface area contributed by atoms with E-state index in [0.717, 1.165) is 28.6 Å². The van der Waals surface area contributed by atoms with Crippen LogP contribution in [0, 0.1) is 0 Å². The van der Waals surface area contributed by atoms with Gasteiger partial charge >= 0.3 is 0 Å². The monoisotopic (exact) mass is 396 g/mol. The number of carbonyl (C=O) groups excluding carboxylic acids is 1. The molecule has 0 heterocycles. The van der Waals surface area contributed by atoms with E-state index in [4.69, 9.17) is 0 Å². The van der Waals surface area contributed by atoms with Crippen LogP contribution in [0.4, 0.5) is 0 Å². The van der Waals surface area contributed by atoms with Crippen LogP contribution in [0.25, 0.3) is 0 Å². The molecule has 0 saturated heterocycles. The summed E-state index contributed by atoms with van der Waals surface area (Å²) in [4.78, 5) is 12.2. The van der Waals surface area contributed by atoms with Gasteiger partial charge in [-0.1, -0.05) is 58.4 Å². The summed E-state index contributed by atoms with van der Waals surface area (Å²) in [7, 11) is 1.90. The molecule has 2 N–H and O–H groups in total. The summed E-state index contributed by atoms with van der Waals surface area (Å²) in [5, 5.41) is 6.21. The minimum Gasteiger partial charge on any atom is -0.345 e. The number of nitrogens with one attached hydrogen (secondary N) is 2. The van der Waals surface area contributed by atoms with Crippen molar-refractivity contribution in [3.8, 4) is 0 Å². The lowest BCUT2D eigenvalue weighted by Gasteiger charge is -2.20. The van der Waals surface area contributed by atoms with Crippen molar-refractivity contribution in [2.75, 3.05) is 13.6 Å². The second-order valence-corrected chi connectivity index (χ2v) is 6.09. The Kier molecular flexibility index (Phi) is 8.92. The van der Waals surface area contributed by atoms with E-state index in [-0.39, 0.29) is 24.4 Å². The highest BCUT2D eigenvalue weighted by molar-refractivity contribution is 9.10. The third-order valence-corrected chi connectivity index (χ3v) is 4.00. The molecule has 1 amide bonds. The van der Waals surface area contributed by atoms with Crippen molar-refractivity contribution in [3.63, 3.8) is 0 Å². The van der Waals surface area contributed by atoms with Gasteiger partial charge in [-0.15, -0.1) is 12.4 Å². The zero-order valence-electron chi connectivity index (χ0n) is 13.1. The molecule has 23 heavy (non-hydrogen) atoms. The number of halogens is 2. The zero-order valence-corrected chi connectivity index (χ0v) is 15.5. The standard InChI is InChI=1S/C18H21BrN2O.ClH/c1-20-13-5-8-17(22)21-18(14-6-3-2-4-7-14)15-9-11-16(19)12-10-15;/h2-4,6-7,9-12,18,20H,5,8,13H2,1H3,(H,21,22);1H. The first kappa shape index (κ1) is 19.7. The Balaban J connectivity index is 0.00000264. The normalized spacial score (nSPS) is 11.4. The van der Waals surface area contributed by atoms with E-state index < -0.39 is 0 Å². The van der Waals surface area contributed by atoms with Gasteiger partial charge in [-0.05, 0) is 43.3 Å². The topological polar surface area (TPSA) is 41.1 Å². The van der Waals surface area contributed by atoms with E-state index >= 15 is 0 Å². The summed E-state index contributed by atoms with van der Waals surface area (Å²) in [6, 6.07) is 18.0. The lowest BCUT2D eigenvalue weighted by atomic mass is 9.98. The van der Waals surface area contributed by atoms with Crippen molar-refractivity contribution >= 4 is 34.2 Å². The average Bonchev–Trinajstić information content (AvgIpc) is 2.55. The maximum absolute atomic E-state index is 12.2. The van der Waals surface area contributed by atoms with Gasteiger partial charge in [-0.2, -0.15) is 0 Å². The van der Waals surface area contributed by atoms with E-state index in [2.05, 4.69) is 26.6 Å². The quantitative estimate of drug-likeness (QED) is 0.691. The fourth-order valence-electron chi connectivity index (χ4n) is 2.32. The molecule has 0 aliphatic heterocycles. The number of carbonyl (C=O) groups is 1. The lowest BCUT2D eigenvalue weighted by molar-refractivity contribution is -0.121. The minimum absolute atomic E-state index is 0. The third-order valence-electron chi connectivity index (χ3n) is 3.47. The highest BCUT2D eigenvalue weighted by Crippen LogP contribution is 2.23. The Morgan fingerprint density at radius 2 is 1.65 bits per heavy atom. The maximum Gasteiger partial charge on any atom is 0.220 e. The Morgan fingerprint density at radius 3 is 2.26 bits per heavy atom. The van der Waals surface area contributed by atoms with E-state index in [9.17, 15) is 4.79 Å². The zero-order chi connectivity index (χ0) is 15.8. The predicted octanol–water partition coefficient (Wildman–Crippen LogP) is 4.08. The molecule has 2 rings (SSSR count). The fraction of sp³-hybridized carbons (Fsp3) is 0.278. The minimum atomic E-state index is -0.114. The van der Waals surface area contributed by atoms with Gasteiger partial charge in [0.15, 0.2) is 0 Å². The van der Waals surface area contributed by atoms with Crippen LogP contribution < -0.4 is 10.6 Å². The molecule has 0 aromatic heterocycles. The van der Waals surface area contributed by atoms with Gasteiger partial charge in [-0.25, -0.2) is 0 Å². The number of amides is 1. The number of hydrogen-bond donors (Lipinski definition) is 2. The highest BCUT2D eigenvalue weighted by Gasteiger charge is 2.16. The van der Waals surface area contributed by atoms with Crippen molar-refractivity contribution < 1.29 is 4.79 Å². The Labute approximate surface area is 152 Å². The van der Waals surface area contributed by atoms with Crippen molar-refractivity contribution in [2.24, 2.45) is 0 Å². The van der Waals surface area contributed by atoms with Gasteiger partial charge < -0.3 is 10.6 Å². The van der Waals surface area contributed by atoms with E-state index in [1.54, 1.807) is 0 Å². The molecule has 0 radical (unpaired) electrons. The molecule has 0 spiro atoms. The molecule has 0 saturated carbocycles. The summed E-state index contributed by atoms with van der Waals surface area (Å²) < 4.78 is 1.03. The van der Waals surface area contributed by atoms with Crippen LogP contribution in [0.5, 0.6) is 0 Å². The van der Waals surface area contributed by atoms with Crippen LogP contribution in [-0.2, 0) is 4.79 Å². The first-order chi connectivity index (χ1) is 10.7. The smallest absolute Gasteiger partial charge is 0.220 e. The van der Waals surface area contributed by atoms with Gasteiger partial charge in [0, 0.05) is 10.9 Å². The first-order valence-electron chi connectivity index (χ1n) is 7.45. The van der Waals surface area contributed by atoms with Crippen LogP contribution in [-0.4, -0.2) is 19.5 Å². The van der Waals surface area contributed by atoms with E-state index in [0.29, 0.717) is 6.42 Å². The lowest BCUT2D eigenvalue weighted by Crippen LogP contribution is -2.29. The van der Waals surface area contributed by atoms with Crippen molar-refractivity contribution in [2.45, 2.75) is 18.9 Å². The van der Waals surface area contributed by atoms with E-state index in [1.165, 1.54) is 0 Å². The first-order valence-corrected chi connectivity index (χ1v) is 8.24. The molecule has 3 nitrogen and oxygen atoms in total. The SMILES string of the molecule is CNCCCC(=O)NC(c1ccccc1)c1ccc(Br)cc1.Cl. The van der Waals surface area contributed by atoms with Gasteiger partial charge in [0.1, 0.15) is 0 Å². The van der Waals surface area contributed by atoms with Gasteiger partial charge in [0.2, 0.25) is 5.91 Å². The molecule has 2 aromatic carbocycles. The Hall–Kier alpha value is -1.36. The Bertz CT molecular complexity index is 590. The molecule has 124 valence electrons. The number of rotatable bonds is 7. The Morgan fingerprint density at radius 1 is 1.04 bits per heavy atom. The number of hydrogen-bond acceptors (Lipinski definition) is 2. The van der Waals surface area contributed by atoms with Crippen molar-refractivity contribution in [1.29, 1.82) is 0 Å². The molecule has 0 bridgehead atoms. The second kappa shape index (κ2) is 10.4. The van der Waals surface area contributed by atoms with Gasteiger partial charge in [0.25, 0.3) is 0 Å². The molecule has 5 heteroatoms.